The van der Waals surface area contributed by atoms with Crippen LogP contribution in [0.5, 0.6) is 0 Å². The lowest BCUT2D eigenvalue weighted by atomic mass is 10.1. The summed E-state index contributed by atoms with van der Waals surface area (Å²) in [5.41, 5.74) is 5.03. The SMILES string of the molecule is NC(=O)[C@]12CCCN1C2. The number of rotatable bonds is 1. The van der Waals surface area contributed by atoms with Gasteiger partial charge >= 0.3 is 0 Å². The Morgan fingerprint density at radius 2 is 2.44 bits per heavy atom. The molecule has 0 saturated carbocycles. The van der Waals surface area contributed by atoms with E-state index in [1.54, 1.807) is 0 Å². The van der Waals surface area contributed by atoms with Gasteiger partial charge in [0.1, 0.15) is 5.54 Å². The number of piperidine rings is 1. The first kappa shape index (κ1) is 5.23. The topological polar surface area (TPSA) is 46.1 Å². The standard InChI is InChI=1S/C6H10N2O/c7-5(9)6-2-1-3-8(6)4-6/h1-4H2,(H2,7,9)/t6-,8?/m1/s1. The third-order valence-electron chi connectivity index (χ3n) is 2.43. The van der Waals surface area contributed by atoms with Crippen molar-refractivity contribution in [3.8, 4) is 0 Å². The van der Waals surface area contributed by atoms with E-state index < -0.39 is 0 Å². The minimum atomic E-state index is -0.167. The molecule has 2 fully saturated rings. The van der Waals surface area contributed by atoms with Crippen LogP contribution in [-0.4, -0.2) is 29.4 Å². The zero-order chi connectivity index (χ0) is 6.48. The van der Waals surface area contributed by atoms with E-state index in [1.165, 1.54) is 0 Å². The second-order valence-electron chi connectivity index (χ2n) is 2.92. The molecule has 1 unspecified atom stereocenters. The van der Waals surface area contributed by atoms with Crippen LogP contribution in [0.4, 0.5) is 0 Å². The van der Waals surface area contributed by atoms with E-state index >= 15 is 0 Å². The van der Waals surface area contributed by atoms with Crippen LogP contribution in [0.2, 0.25) is 0 Å². The van der Waals surface area contributed by atoms with Crippen molar-refractivity contribution in [2.24, 2.45) is 5.73 Å². The highest BCUT2D eigenvalue weighted by atomic mass is 16.2. The summed E-state index contributed by atoms with van der Waals surface area (Å²) in [7, 11) is 0. The van der Waals surface area contributed by atoms with Crippen LogP contribution >= 0.6 is 0 Å². The maximum atomic E-state index is 10.7. The van der Waals surface area contributed by atoms with Crippen molar-refractivity contribution in [3.05, 3.63) is 0 Å². The number of primary amides is 1. The fraction of sp³-hybridized carbons (Fsp3) is 0.833. The lowest BCUT2D eigenvalue weighted by Crippen LogP contribution is -2.32. The number of nitrogens with two attached hydrogens (primary N) is 1. The summed E-state index contributed by atoms with van der Waals surface area (Å²) in [5, 5.41) is 0. The van der Waals surface area contributed by atoms with Crippen molar-refractivity contribution in [1.82, 2.24) is 4.90 Å². The van der Waals surface area contributed by atoms with Crippen LogP contribution in [0.3, 0.4) is 0 Å². The average molecular weight is 126 g/mol. The molecule has 2 atom stereocenters. The molecule has 2 rings (SSSR count). The molecular formula is C6H10N2O. The molecule has 2 saturated heterocycles. The minimum absolute atomic E-state index is 0.125. The van der Waals surface area contributed by atoms with E-state index in [2.05, 4.69) is 4.90 Å². The minimum Gasteiger partial charge on any atom is -0.368 e. The van der Waals surface area contributed by atoms with Crippen LogP contribution in [0.1, 0.15) is 12.8 Å². The summed E-state index contributed by atoms with van der Waals surface area (Å²) in [6, 6.07) is 0. The van der Waals surface area contributed by atoms with Gasteiger partial charge in [-0.1, -0.05) is 0 Å². The van der Waals surface area contributed by atoms with Crippen molar-refractivity contribution in [3.63, 3.8) is 0 Å². The Morgan fingerprint density at radius 3 is 2.67 bits per heavy atom. The Bertz CT molecular complexity index is 168. The number of hydrogen-bond acceptors (Lipinski definition) is 2. The van der Waals surface area contributed by atoms with Crippen LogP contribution in [-0.2, 0) is 4.79 Å². The molecule has 1 amide bonds. The van der Waals surface area contributed by atoms with Gasteiger partial charge in [0.2, 0.25) is 5.91 Å². The number of carbonyl (C=O) groups is 1. The Labute approximate surface area is 53.8 Å². The number of carbonyl (C=O) groups excluding carboxylic acids is 1. The molecule has 3 heteroatoms. The summed E-state index contributed by atoms with van der Waals surface area (Å²) in [6.45, 7) is 1.99. The van der Waals surface area contributed by atoms with Gasteiger partial charge in [-0.15, -0.1) is 0 Å². The van der Waals surface area contributed by atoms with Gasteiger partial charge in [0.25, 0.3) is 0 Å². The molecule has 0 aromatic rings. The van der Waals surface area contributed by atoms with E-state index in [0.717, 1.165) is 25.9 Å². The lowest BCUT2D eigenvalue weighted by Gasteiger charge is -2.01. The molecule has 0 aromatic carbocycles. The average Bonchev–Trinajstić information content (AvgIpc) is 2.38. The molecule has 2 aliphatic rings. The van der Waals surface area contributed by atoms with Gasteiger partial charge in [-0.05, 0) is 19.4 Å². The largest absolute Gasteiger partial charge is 0.368 e. The van der Waals surface area contributed by atoms with Crippen LogP contribution in [0.15, 0.2) is 0 Å². The second-order valence-corrected chi connectivity index (χ2v) is 2.92. The van der Waals surface area contributed by atoms with Crippen LogP contribution in [0, 0.1) is 0 Å². The molecule has 2 N–H and O–H groups in total. The highest BCUT2D eigenvalue weighted by molar-refractivity contribution is 5.88. The van der Waals surface area contributed by atoms with Crippen molar-refractivity contribution >= 4 is 5.91 Å². The second kappa shape index (κ2) is 1.29. The monoisotopic (exact) mass is 126 g/mol. The molecule has 2 heterocycles. The Hall–Kier alpha value is -0.570. The Kier molecular flexibility index (Phi) is 0.750. The number of hydrogen-bond donors (Lipinski definition) is 1. The van der Waals surface area contributed by atoms with Crippen LogP contribution in [0.25, 0.3) is 0 Å². The molecule has 2 aliphatic heterocycles. The van der Waals surface area contributed by atoms with Crippen molar-refractivity contribution in [1.29, 1.82) is 0 Å². The van der Waals surface area contributed by atoms with E-state index in [9.17, 15) is 4.79 Å². The fourth-order valence-electron chi connectivity index (χ4n) is 1.73. The maximum absolute atomic E-state index is 10.7. The predicted molar refractivity (Wildman–Crippen MR) is 32.7 cm³/mol. The van der Waals surface area contributed by atoms with Gasteiger partial charge in [0.15, 0.2) is 0 Å². The maximum Gasteiger partial charge on any atom is 0.239 e. The van der Waals surface area contributed by atoms with Gasteiger partial charge in [-0.2, -0.15) is 0 Å². The Morgan fingerprint density at radius 1 is 1.67 bits per heavy atom. The number of nitrogens with zero attached hydrogens (tertiary/aromatic N) is 1. The summed E-state index contributed by atoms with van der Waals surface area (Å²) in [5.74, 6) is -0.125. The first-order valence-corrected chi connectivity index (χ1v) is 3.31. The van der Waals surface area contributed by atoms with Crippen molar-refractivity contribution < 1.29 is 4.79 Å². The molecule has 0 bridgehead atoms. The highest BCUT2D eigenvalue weighted by Gasteiger charge is 2.59. The molecule has 0 radical (unpaired) electrons. The smallest absolute Gasteiger partial charge is 0.239 e. The number of amides is 1. The van der Waals surface area contributed by atoms with E-state index in [4.69, 9.17) is 5.73 Å². The highest BCUT2D eigenvalue weighted by Crippen LogP contribution is 2.42. The van der Waals surface area contributed by atoms with E-state index in [-0.39, 0.29) is 11.4 Å². The van der Waals surface area contributed by atoms with Gasteiger partial charge in [-0.25, -0.2) is 0 Å². The zero-order valence-corrected chi connectivity index (χ0v) is 5.26. The summed E-state index contributed by atoms with van der Waals surface area (Å²) < 4.78 is 0. The van der Waals surface area contributed by atoms with Gasteiger partial charge in [-0.3, -0.25) is 9.69 Å². The lowest BCUT2D eigenvalue weighted by molar-refractivity contribution is -0.121. The summed E-state index contributed by atoms with van der Waals surface area (Å²) in [4.78, 5) is 12.9. The Balaban J connectivity index is 2.19. The molecule has 50 valence electrons. The van der Waals surface area contributed by atoms with Crippen molar-refractivity contribution in [2.75, 3.05) is 13.1 Å². The molecular weight excluding hydrogens is 116 g/mol. The molecule has 9 heavy (non-hydrogen) atoms. The predicted octanol–water partition coefficient (Wildman–Crippen LogP) is -0.680. The fourth-order valence-corrected chi connectivity index (χ4v) is 1.73. The molecule has 3 nitrogen and oxygen atoms in total. The van der Waals surface area contributed by atoms with Gasteiger partial charge in [0, 0.05) is 6.54 Å². The molecule has 0 aliphatic carbocycles. The molecule has 0 aromatic heterocycles. The number of fused-ring (bicyclic) bond motifs is 1. The van der Waals surface area contributed by atoms with Crippen LogP contribution < -0.4 is 5.73 Å². The third kappa shape index (κ3) is 0.477. The van der Waals surface area contributed by atoms with E-state index in [0.29, 0.717) is 0 Å². The van der Waals surface area contributed by atoms with Gasteiger partial charge in [0.05, 0.1) is 0 Å². The first-order chi connectivity index (χ1) is 4.26. The van der Waals surface area contributed by atoms with Crippen molar-refractivity contribution in [2.45, 2.75) is 18.4 Å². The van der Waals surface area contributed by atoms with Gasteiger partial charge < -0.3 is 5.73 Å². The molecule has 0 spiro atoms. The first-order valence-electron chi connectivity index (χ1n) is 3.31. The quantitative estimate of drug-likeness (QED) is 0.473. The summed E-state index contributed by atoms with van der Waals surface area (Å²) in [6.07, 6.45) is 2.13. The summed E-state index contributed by atoms with van der Waals surface area (Å²) >= 11 is 0. The third-order valence-corrected chi connectivity index (χ3v) is 2.43. The normalized spacial score (nSPS) is 46.4. The zero-order valence-electron chi connectivity index (χ0n) is 5.26. The van der Waals surface area contributed by atoms with E-state index in [1.807, 2.05) is 0 Å².